The first-order valence-corrected chi connectivity index (χ1v) is 6.40. The van der Waals surface area contributed by atoms with Gasteiger partial charge in [-0.25, -0.2) is 18.3 Å². The third-order valence-electron chi connectivity index (χ3n) is 3.68. The van der Waals surface area contributed by atoms with Crippen molar-refractivity contribution in [2.45, 2.75) is 24.1 Å². The number of hydrogen-bond acceptors (Lipinski definition) is 7. The van der Waals surface area contributed by atoms with Gasteiger partial charge in [0.25, 0.3) is 0 Å². The highest BCUT2D eigenvalue weighted by Crippen LogP contribution is 2.43. The first-order chi connectivity index (χ1) is 10.9. The van der Waals surface area contributed by atoms with Gasteiger partial charge in [-0.15, -0.1) is 0 Å². The summed E-state index contributed by atoms with van der Waals surface area (Å²) in [5.74, 6) is -0.977. The van der Waals surface area contributed by atoms with Gasteiger partial charge in [-0.3, -0.25) is 0 Å². The predicted octanol–water partition coefficient (Wildman–Crippen LogP) is 0.220. The summed E-state index contributed by atoms with van der Waals surface area (Å²) in [4.78, 5) is 6.07. The number of ether oxygens (including phenoxy) is 1. The molecular weight excluding hydrogens is 316 g/mol. The van der Waals surface area contributed by atoms with Crippen LogP contribution in [0.15, 0.2) is 17.5 Å². The van der Waals surface area contributed by atoms with E-state index in [4.69, 9.17) is 16.0 Å². The SMILES string of the molecule is [N-]=[N+]=NC1(CO)O[C@@H](c2cc(F)c3c(N)ncnn23)[C@H](F)[C@@H]1O. The Bertz CT molecular complexity index is 808. The van der Waals surface area contributed by atoms with Gasteiger partial charge in [0, 0.05) is 11.0 Å². The van der Waals surface area contributed by atoms with E-state index in [1.165, 1.54) is 0 Å². The van der Waals surface area contributed by atoms with Gasteiger partial charge in [-0.05, 0) is 5.53 Å². The van der Waals surface area contributed by atoms with E-state index < -0.39 is 36.5 Å². The maximum Gasteiger partial charge on any atom is 0.199 e. The zero-order valence-electron chi connectivity index (χ0n) is 11.4. The van der Waals surface area contributed by atoms with Gasteiger partial charge in [0.2, 0.25) is 0 Å². The van der Waals surface area contributed by atoms with Crippen molar-refractivity contribution in [3.8, 4) is 0 Å². The monoisotopic (exact) mass is 327 g/mol. The summed E-state index contributed by atoms with van der Waals surface area (Å²) in [5.41, 5.74) is 11.6. The Labute approximate surface area is 126 Å². The molecule has 0 saturated carbocycles. The largest absolute Gasteiger partial charge is 0.393 e. The number of halogens is 2. The molecule has 0 spiro atoms. The minimum absolute atomic E-state index is 0.110. The summed E-state index contributed by atoms with van der Waals surface area (Å²) in [6.07, 6.45) is -4.53. The summed E-state index contributed by atoms with van der Waals surface area (Å²) in [7, 11) is 0. The first-order valence-electron chi connectivity index (χ1n) is 6.40. The molecule has 0 amide bonds. The molecule has 1 aliphatic rings. The molecular formula is C11H11F2N7O3. The Morgan fingerprint density at radius 1 is 1.61 bits per heavy atom. The van der Waals surface area contributed by atoms with Crippen LogP contribution in [0.5, 0.6) is 0 Å². The van der Waals surface area contributed by atoms with E-state index >= 15 is 0 Å². The molecule has 0 aromatic carbocycles. The zero-order valence-corrected chi connectivity index (χ0v) is 11.4. The lowest BCUT2D eigenvalue weighted by Crippen LogP contribution is -2.43. The van der Waals surface area contributed by atoms with Gasteiger partial charge in [0.05, 0.1) is 12.3 Å². The molecule has 1 fully saturated rings. The van der Waals surface area contributed by atoms with E-state index in [0.717, 1.165) is 16.9 Å². The van der Waals surface area contributed by atoms with Gasteiger partial charge >= 0.3 is 0 Å². The highest BCUT2D eigenvalue weighted by atomic mass is 19.1. The normalized spacial score (nSPS) is 30.5. The lowest BCUT2D eigenvalue weighted by molar-refractivity contribution is -0.108. The molecule has 2 aromatic heterocycles. The zero-order chi connectivity index (χ0) is 16.8. The average molecular weight is 327 g/mol. The molecule has 0 radical (unpaired) electrons. The molecule has 23 heavy (non-hydrogen) atoms. The maximum atomic E-state index is 14.4. The van der Waals surface area contributed by atoms with E-state index in [-0.39, 0.29) is 17.0 Å². The third kappa shape index (κ3) is 2.08. The minimum atomic E-state index is -2.21. The molecule has 3 heterocycles. The number of nitrogens with zero attached hydrogens (tertiary/aromatic N) is 6. The van der Waals surface area contributed by atoms with Crippen LogP contribution in [0.3, 0.4) is 0 Å². The van der Waals surface area contributed by atoms with Crippen molar-refractivity contribution in [1.82, 2.24) is 14.6 Å². The topological polar surface area (TPSA) is 155 Å². The Kier molecular flexibility index (Phi) is 3.53. The molecule has 4 atom stereocenters. The first kappa shape index (κ1) is 15.4. The van der Waals surface area contributed by atoms with Crippen molar-refractivity contribution in [3.05, 3.63) is 34.3 Å². The number of azide groups is 1. The fourth-order valence-corrected chi connectivity index (χ4v) is 2.56. The second-order valence-electron chi connectivity index (χ2n) is 4.94. The number of aliphatic hydroxyl groups excluding tert-OH is 2. The predicted molar refractivity (Wildman–Crippen MR) is 71.0 cm³/mol. The van der Waals surface area contributed by atoms with Crippen LogP contribution in [-0.4, -0.2) is 49.4 Å². The second-order valence-corrected chi connectivity index (χ2v) is 4.94. The van der Waals surface area contributed by atoms with E-state index in [9.17, 15) is 19.0 Å². The quantitative estimate of drug-likeness (QED) is 0.416. The van der Waals surface area contributed by atoms with E-state index in [1.54, 1.807) is 0 Å². The van der Waals surface area contributed by atoms with Crippen LogP contribution < -0.4 is 5.73 Å². The number of nitrogens with two attached hydrogens (primary N) is 1. The molecule has 3 rings (SSSR count). The number of nitrogen functional groups attached to an aromatic ring is 1. The molecule has 0 aliphatic carbocycles. The van der Waals surface area contributed by atoms with Crippen LogP contribution in [0.1, 0.15) is 11.8 Å². The van der Waals surface area contributed by atoms with Gasteiger partial charge in [0.15, 0.2) is 23.5 Å². The Morgan fingerprint density at radius 2 is 2.35 bits per heavy atom. The molecule has 10 nitrogen and oxygen atoms in total. The molecule has 4 N–H and O–H groups in total. The van der Waals surface area contributed by atoms with Crippen molar-refractivity contribution in [2.24, 2.45) is 5.11 Å². The van der Waals surface area contributed by atoms with Crippen LogP contribution in [-0.2, 0) is 4.74 Å². The number of rotatable bonds is 3. The van der Waals surface area contributed by atoms with Gasteiger partial charge in [0.1, 0.15) is 24.1 Å². The van der Waals surface area contributed by atoms with Crippen molar-refractivity contribution in [1.29, 1.82) is 0 Å². The Balaban J connectivity index is 2.13. The number of fused-ring (bicyclic) bond motifs is 1. The highest BCUT2D eigenvalue weighted by Gasteiger charge is 2.56. The maximum absolute atomic E-state index is 14.4. The lowest BCUT2D eigenvalue weighted by Gasteiger charge is -2.23. The number of aromatic nitrogens is 3. The third-order valence-corrected chi connectivity index (χ3v) is 3.68. The second kappa shape index (κ2) is 5.28. The van der Waals surface area contributed by atoms with Gasteiger partial charge in [-0.2, -0.15) is 5.10 Å². The Morgan fingerprint density at radius 3 is 3.00 bits per heavy atom. The van der Waals surface area contributed by atoms with Crippen molar-refractivity contribution in [2.75, 3.05) is 12.3 Å². The fourth-order valence-electron chi connectivity index (χ4n) is 2.56. The van der Waals surface area contributed by atoms with Crippen molar-refractivity contribution >= 4 is 11.3 Å². The van der Waals surface area contributed by atoms with Crippen LogP contribution in [0.4, 0.5) is 14.6 Å². The van der Waals surface area contributed by atoms with Crippen LogP contribution in [0.25, 0.3) is 16.0 Å². The standard InChI is InChI=1S/C11H11F2N7O3/c12-4-1-5(20-7(4)10(14)16-3-17-20)8-6(13)9(22)11(2-21,23-8)18-19-15/h1,3,6,8-9,21-22H,2H2,(H2,14,16,17)/t6-,8-,9-,11?/m0/s1. The molecule has 12 heteroatoms. The fraction of sp³-hybridized carbons (Fsp3) is 0.455. The average Bonchev–Trinajstić information content (AvgIpc) is 2.99. The number of anilines is 1. The van der Waals surface area contributed by atoms with Crippen molar-refractivity contribution in [3.63, 3.8) is 0 Å². The molecule has 1 unspecified atom stereocenters. The number of hydrogen-bond donors (Lipinski definition) is 3. The molecule has 1 aliphatic heterocycles. The smallest absolute Gasteiger partial charge is 0.199 e. The van der Waals surface area contributed by atoms with Gasteiger partial charge in [-0.1, -0.05) is 5.11 Å². The lowest BCUT2D eigenvalue weighted by atomic mass is 10.0. The summed E-state index contributed by atoms with van der Waals surface area (Å²) in [6.45, 7) is -0.960. The highest BCUT2D eigenvalue weighted by molar-refractivity contribution is 5.66. The number of alkyl halides is 1. The summed E-state index contributed by atoms with van der Waals surface area (Å²) in [5, 5.41) is 26.2. The summed E-state index contributed by atoms with van der Waals surface area (Å²) < 4.78 is 34.6. The van der Waals surface area contributed by atoms with Crippen molar-refractivity contribution < 1.29 is 23.7 Å². The van der Waals surface area contributed by atoms with Crippen LogP contribution in [0.2, 0.25) is 0 Å². The molecule has 2 aromatic rings. The minimum Gasteiger partial charge on any atom is -0.393 e. The van der Waals surface area contributed by atoms with Crippen LogP contribution in [0, 0.1) is 5.82 Å². The summed E-state index contributed by atoms with van der Waals surface area (Å²) >= 11 is 0. The molecule has 1 saturated heterocycles. The van der Waals surface area contributed by atoms with E-state index in [2.05, 4.69) is 20.1 Å². The van der Waals surface area contributed by atoms with Gasteiger partial charge < -0.3 is 20.7 Å². The van der Waals surface area contributed by atoms with Crippen LogP contribution >= 0.6 is 0 Å². The summed E-state index contributed by atoms with van der Waals surface area (Å²) in [6, 6.07) is 0.924. The molecule has 0 bridgehead atoms. The number of aliphatic hydroxyl groups is 2. The van der Waals surface area contributed by atoms with E-state index in [0.29, 0.717) is 0 Å². The Hall–Kier alpha value is -2.53. The van der Waals surface area contributed by atoms with E-state index in [1.807, 2.05) is 0 Å². The molecule has 122 valence electrons.